The van der Waals surface area contributed by atoms with E-state index in [4.69, 9.17) is 11.6 Å². The summed E-state index contributed by atoms with van der Waals surface area (Å²) in [6, 6.07) is 6.03. The van der Waals surface area contributed by atoms with Crippen LogP contribution in [-0.4, -0.2) is 60.9 Å². The van der Waals surface area contributed by atoms with Crippen molar-refractivity contribution < 1.29 is 14.0 Å². The van der Waals surface area contributed by atoms with Gasteiger partial charge < -0.3 is 10.2 Å². The minimum absolute atomic E-state index is 0. The van der Waals surface area contributed by atoms with E-state index in [9.17, 15) is 14.0 Å². The maximum Gasteiger partial charge on any atom is 0.258 e. The molecule has 0 saturated carbocycles. The molecule has 0 unspecified atom stereocenters. The predicted molar refractivity (Wildman–Crippen MR) is 108 cm³/mol. The lowest BCUT2D eigenvalue weighted by molar-refractivity contribution is 0.0633. The van der Waals surface area contributed by atoms with Gasteiger partial charge in [0.1, 0.15) is 5.82 Å². The smallest absolute Gasteiger partial charge is 0.258 e. The Balaban J connectivity index is 0.00000261. The van der Waals surface area contributed by atoms with Gasteiger partial charge in [-0.2, -0.15) is 11.3 Å². The number of hydrogen-bond acceptors (Lipinski definition) is 4. The molecule has 1 aliphatic rings. The van der Waals surface area contributed by atoms with Crippen LogP contribution in [0.15, 0.2) is 35.0 Å². The Bertz CT molecular complexity index is 761. The lowest BCUT2D eigenvalue weighted by atomic mass is 10.1. The summed E-state index contributed by atoms with van der Waals surface area (Å²) < 4.78 is 13.9. The molecule has 9 heteroatoms. The largest absolute Gasteiger partial charge is 0.351 e. The minimum atomic E-state index is -0.596. The van der Waals surface area contributed by atoms with Crippen LogP contribution in [0.5, 0.6) is 0 Å². The van der Waals surface area contributed by atoms with E-state index in [0.29, 0.717) is 44.8 Å². The summed E-state index contributed by atoms with van der Waals surface area (Å²) in [5.41, 5.74) is 0.609. The van der Waals surface area contributed by atoms with Crippen molar-refractivity contribution in [3.63, 3.8) is 0 Å². The molecule has 1 aromatic carbocycles. The number of amides is 2. The average molecular weight is 432 g/mol. The molecule has 0 spiro atoms. The molecule has 2 aromatic rings. The van der Waals surface area contributed by atoms with Gasteiger partial charge in [0.2, 0.25) is 0 Å². The van der Waals surface area contributed by atoms with Crippen LogP contribution in [-0.2, 0) is 0 Å². The number of carbonyl (C=O) groups excluding carboxylic acids is 2. The fourth-order valence-electron chi connectivity index (χ4n) is 2.86. The third-order valence-corrected chi connectivity index (χ3v) is 5.33. The molecule has 1 aromatic heterocycles. The summed E-state index contributed by atoms with van der Waals surface area (Å²) in [5.74, 6) is -1.05. The third kappa shape index (κ3) is 5.42. The highest BCUT2D eigenvalue weighted by atomic mass is 35.5. The van der Waals surface area contributed by atoms with E-state index in [1.54, 1.807) is 11.0 Å². The van der Waals surface area contributed by atoms with Crippen molar-refractivity contribution in [3.8, 4) is 0 Å². The van der Waals surface area contributed by atoms with E-state index in [1.807, 2.05) is 10.8 Å². The number of benzene rings is 1. The van der Waals surface area contributed by atoms with E-state index in [2.05, 4.69) is 10.2 Å². The average Bonchev–Trinajstić information content (AvgIpc) is 3.17. The lowest BCUT2D eigenvalue weighted by Crippen LogP contribution is -2.50. The number of piperazine rings is 1. The molecule has 0 bridgehead atoms. The molecule has 2 amide bonds. The Morgan fingerprint density at radius 2 is 1.93 bits per heavy atom. The topological polar surface area (TPSA) is 52.7 Å². The summed E-state index contributed by atoms with van der Waals surface area (Å²) in [6.45, 7) is 3.60. The van der Waals surface area contributed by atoms with Gasteiger partial charge in [-0.25, -0.2) is 4.39 Å². The first kappa shape index (κ1) is 21.6. The molecule has 27 heavy (non-hydrogen) atoms. The van der Waals surface area contributed by atoms with Crippen molar-refractivity contribution in [2.24, 2.45) is 0 Å². The quantitative estimate of drug-likeness (QED) is 0.790. The highest BCUT2D eigenvalue weighted by Crippen LogP contribution is 2.21. The Hall–Kier alpha value is -1.67. The normalized spacial score (nSPS) is 14.5. The van der Waals surface area contributed by atoms with Crippen molar-refractivity contribution >= 4 is 47.2 Å². The second-order valence-corrected chi connectivity index (χ2v) is 7.19. The lowest BCUT2D eigenvalue weighted by Gasteiger charge is -2.34. The van der Waals surface area contributed by atoms with Crippen LogP contribution in [0.25, 0.3) is 0 Å². The summed E-state index contributed by atoms with van der Waals surface area (Å²) in [6.07, 6.45) is 0. The zero-order valence-electron chi connectivity index (χ0n) is 14.5. The van der Waals surface area contributed by atoms with Crippen LogP contribution in [0.4, 0.5) is 4.39 Å². The zero-order chi connectivity index (χ0) is 18.5. The summed E-state index contributed by atoms with van der Waals surface area (Å²) >= 11 is 7.46. The van der Waals surface area contributed by atoms with Crippen molar-refractivity contribution in [1.82, 2.24) is 15.1 Å². The summed E-state index contributed by atoms with van der Waals surface area (Å²) in [5, 5.41) is 6.70. The highest BCUT2D eigenvalue weighted by molar-refractivity contribution is 7.08. The molecule has 1 aliphatic heterocycles. The number of hydrogen-bond donors (Lipinski definition) is 1. The Labute approximate surface area is 172 Å². The molecular formula is C18H20Cl2FN3O2S. The Kier molecular flexibility index (Phi) is 8.04. The van der Waals surface area contributed by atoms with Gasteiger partial charge in [-0.15, -0.1) is 12.4 Å². The molecule has 0 radical (unpaired) electrons. The molecule has 5 nitrogen and oxygen atoms in total. The van der Waals surface area contributed by atoms with E-state index in [1.165, 1.54) is 29.5 Å². The SMILES string of the molecule is Cl.O=C(NCCN1CCN(C(=O)c2c(F)cccc2Cl)CC1)c1ccsc1. The van der Waals surface area contributed by atoms with Crippen LogP contribution < -0.4 is 5.32 Å². The van der Waals surface area contributed by atoms with Gasteiger partial charge in [0.25, 0.3) is 11.8 Å². The van der Waals surface area contributed by atoms with Crippen molar-refractivity contribution in [1.29, 1.82) is 0 Å². The van der Waals surface area contributed by atoms with Gasteiger partial charge >= 0.3 is 0 Å². The van der Waals surface area contributed by atoms with Crippen LogP contribution in [0.3, 0.4) is 0 Å². The molecule has 0 aliphatic carbocycles. The monoisotopic (exact) mass is 431 g/mol. The van der Waals surface area contributed by atoms with Crippen LogP contribution >= 0.6 is 35.3 Å². The summed E-state index contributed by atoms with van der Waals surface area (Å²) in [4.78, 5) is 28.2. The zero-order valence-corrected chi connectivity index (χ0v) is 16.9. The second-order valence-electron chi connectivity index (χ2n) is 6.00. The van der Waals surface area contributed by atoms with Crippen molar-refractivity contribution in [3.05, 3.63) is 57.0 Å². The van der Waals surface area contributed by atoms with Gasteiger partial charge in [0, 0.05) is 50.2 Å². The molecule has 3 rings (SSSR count). The van der Waals surface area contributed by atoms with E-state index >= 15 is 0 Å². The first-order valence-electron chi connectivity index (χ1n) is 8.32. The highest BCUT2D eigenvalue weighted by Gasteiger charge is 2.25. The number of rotatable bonds is 5. The second kappa shape index (κ2) is 10.0. The maximum atomic E-state index is 13.9. The fourth-order valence-corrected chi connectivity index (χ4v) is 3.74. The van der Waals surface area contributed by atoms with E-state index < -0.39 is 5.82 Å². The molecular weight excluding hydrogens is 412 g/mol. The first-order valence-corrected chi connectivity index (χ1v) is 9.64. The molecule has 1 fully saturated rings. The van der Waals surface area contributed by atoms with Crippen LogP contribution in [0, 0.1) is 5.82 Å². The number of nitrogens with zero attached hydrogens (tertiary/aromatic N) is 2. The molecule has 2 heterocycles. The Morgan fingerprint density at radius 1 is 1.19 bits per heavy atom. The van der Waals surface area contributed by atoms with Gasteiger partial charge in [-0.3, -0.25) is 14.5 Å². The Morgan fingerprint density at radius 3 is 2.56 bits per heavy atom. The molecule has 146 valence electrons. The first-order chi connectivity index (χ1) is 12.6. The number of nitrogens with one attached hydrogen (secondary N) is 1. The van der Waals surface area contributed by atoms with Gasteiger partial charge in [0.05, 0.1) is 10.6 Å². The molecule has 0 atom stereocenters. The van der Waals surface area contributed by atoms with E-state index in [-0.39, 0.29) is 34.8 Å². The van der Waals surface area contributed by atoms with Gasteiger partial charge in [-0.05, 0) is 23.6 Å². The summed E-state index contributed by atoms with van der Waals surface area (Å²) in [7, 11) is 0. The minimum Gasteiger partial charge on any atom is -0.351 e. The fraction of sp³-hybridized carbons (Fsp3) is 0.333. The third-order valence-electron chi connectivity index (χ3n) is 4.33. The number of thiophene rings is 1. The molecule has 1 saturated heterocycles. The van der Waals surface area contributed by atoms with Crippen LogP contribution in [0.1, 0.15) is 20.7 Å². The number of halogens is 3. The molecule has 1 N–H and O–H groups in total. The van der Waals surface area contributed by atoms with Crippen molar-refractivity contribution in [2.75, 3.05) is 39.3 Å². The predicted octanol–water partition coefficient (Wildman–Crippen LogP) is 3.15. The van der Waals surface area contributed by atoms with Crippen LogP contribution in [0.2, 0.25) is 5.02 Å². The van der Waals surface area contributed by atoms with Gasteiger partial charge in [0.15, 0.2) is 0 Å². The maximum absolute atomic E-state index is 13.9. The van der Waals surface area contributed by atoms with E-state index in [0.717, 1.165) is 0 Å². The number of carbonyl (C=O) groups is 2. The van der Waals surface area contributed by atoms with Gasteiger partial charge in [-0.1, -0.05) is 17.7 Å². The van der Waals surface area contributed by atoms with Crippen molar-refractivity contribution in [2.45, 2.75) is 0 Å². The standard InChI is InChI=1S/C18H19ClFN3O2S.ClH/c19-14-2-1-3-15(20)16(14)18(25)23-9-7-22(8-10-23)6-5-21-17(24)13-4-11-26-12-13;/h1-4,11-12H,5-10H2,(H,21,24);1H.